The Hall–Kier alpha value is -3.06. The topological polar surface area (TPSA) is 391 Å². The summed E-state index contributed by atoms with van der Waals surface area (Å²) in [4.78, 5) is 62.3. The molecule has 0 spiro atoms. The molecule has 0 radical (unpaired) electrons. The van der Waals surface area contributed by atoms with Crippen molar-refractivity contribution in [1.29, 1.82) is 0 Å². The smallest absolute Gasteiger partial charge is 0.387 e. The number of aromatic nitrogens is 5. The van der Waals surface area contributed by atoms with Gasteiger partial charge in [-0.25, -0.2) is 33.2 Å². The van der Waals surface area contributed by atoms with Crippen molar-refractivity contribution in [3.8, 4) is 0 Å². The zero-order chi connectivity index (χ0) is 36.1. The number of carbonyl (C=O) groups excluding carboxylic acids is 1. The molecule has 0 saturated carbocycles. The standard InChI is InChI=1S/C21H29N8O17P3/c22-11-2-1-8(18(24)33)3-28(11)20-15(32)13(30)9(43-20)4-41-48(37,38)46-49(39,40)42-5-10-14(31)16(45-47(34,35)36)21(44-10)29-7-27-12-17(23)25-6-26-19(12)29/h1-3,6-7,9-10,13-16,20-22,30-32H,4-5H2,(H8,23,24,25,26,33,34,35,36,37,38,39,40)/p+1/t9-,10-,13-,14-,15-,16-,20-,21-/m1/s1. The van der Waals surface area contributed by atoms with E-state index in [2.05, 4.69) is 23.8 Å². The second-order valence-corrected chi connectivity index (χ2v) is 14.7. The molecule has 3 aromatic heterocycles. The van der Waals surface area contributed by atoms with Crippen molar-refractivity contribution in [2.75, 3.05) is 24.7 Å². The van der Waals surface area contributed by atoms with Crippen LogP contribution in [0.3, 0.4) is 0 Å². The molecule has 2 aliphatic rings. The van der Waals surface area contributed by atoms with Crippen molar-refractivity contribution in [1.82, 2.24) is 19.5 Å². The van der Waals surface area contributed by atoms with Gasteiger partial charge in [0.05, 0.1) is 25.1 Å². The van der Waals surface area contributed by atoms with Crippen LogP contribution in [0.1, 0.15) is 22.8 Å². The van der Waals surface area contributed by atoms with Crippen LogP contribution in [0.5, 0.6) is 0 Å². The molecule has 2 aliphatic heterocycles. The van der Waals surface area contributed by atoms with E-state index in [9.17, 15) is 53.4 Å². The van der Waals surface area contributed by atoms with E-state index in [1.54, 1.807) is 0 Å². The lowest BCUT2D eigenvalue weighted by molar-refractivity contribution is -0.753. The summed E-state index contributed by atoms with van der Waals surface area (Å²) in [5, 5.41) is 31.7. The van der Waals surface area contributed by atoms with Crippen LogP contribution in [0, 0.1) is 0 Å². The Kier molecular flexibility index (Phi) is 10.6. The molecule has 28 heteroatoms. The van der Waals surface area contributed by atoms with Gasteiger partial charge in [0.2, 0.25) is 6.23 Å². The molecule has 5 rings (SSSR count). The Morgan fingerprint density at radius 2 is 1.55 bits per heavy atom. The molecule has 0 aromatic carbocycles. The van der Waals surface area contributed by atoms with E-state index in [1.165, 1.54) is 12.1 Å². The van der Waals surface area contributed by atoms with Gasteiger partial charge < -0.3 is 55.8 Å². The molecule has 5 heterocycles. The lowest BCUT2D eigenvalue weighted by atomic mass is 10.1. The van der Waals surface area contributed by atoms with Gasteiger partial charge in [0.25, 0.3) is 11.7 Å². The first kappa shape index (κ1) is 37.2. The van der Waals surface area contributed by atoms with Crippen LogP contribution in [-0.2, 0) is 41.1 Å². The lowest BCUT2D eigenvalue weighted by Crippen LogP contribution is -2.48. The predicted molar refractivity (Wildman–Crippen MR) is 155 cm³/mol. The summed E-state index contributed by atoms with van der Waals surface area (Å²) in [6, 6.07) is 2.56. The summed E-state index contributed by atoms with van der Waals surface area (Å²) in [6.45, 7) is -2.09. The first-order valence-corrected chi connectivity index (χ1v) is 18.1. The van der Waals surface area contributed by atoms with Gasteiger partial charge in [-0.2, -0.15) is 4.31 Å². The number of fused-ring (bicyclic) bond motifs is 1. The van der Waals surface area contributed by atoms with Gasteiger partial charge in [0, 0.05) is 6.07 Å². The van der Waals surface area contributed by atoms with Crippen LogP contribution < -0.4 is 21.8 Å². The van der Waals surface area contributed by atoms with Gasteiger partial charge in [0.15, 0.2) is 17.7 Å². The second kappa shape index (κ2) is 13.9. The molecular formula is C21H30N8O17P3+. The van der Waals surface area contributed by atoms with Gasteiger partial charge in [-0.15, -0.1) is 0 Å². The molecule has 2 unspecified atom stereocenters. The fraction of sp³-hybridized carbons (Fsp3) is 0.476. The van der Waals surface area contributed by atoms with E-state index in [1.807, 2.05) is 0 Å². The molecule has 2 saturated heterocycles. The average molecular weight is 759 g/mol. The Balaban J connectivity index is 1.22. The zero-order valence-electron chi connectivity index (χ0n) is 24.4. The number of hydrogen-bond acceptors (Lipinski definition) is 18. The van der Waals surface area contributed by atoms with Crippen molar-refractivity contribution in [3.05, 3.63) is 36.5 Å². The number of aliphatic hydroxyl groups is 3. The third kappa shape index (κ3) is 8.30. The molecule has 49 heavy (non-hydrogen) atoms. The molecule has 10 atom stereocenters. The molecule has 2 fully saturated rings. The van der Waals surface area contributed by atoms with Gasteiger partial charge in [-0.1, -0.05) is 0 Å². The number of aliphatic hydroxyl groups excluding tert-OH is 3. The van der Waals surface area contributed by atoms with Crippen LogP contribution in [-0.4, -0.2) is 110 Å². The number of nitrogens with zero attached hydrogens (tertiary/aromatic N) is 5. The number of nitrogen functional groups attached to an aromatic ring is 2. The van der Waals surface area contributed by atoms with Crippen molar-refractivity contribution >= 4 is 52.2 Å². The maximum atomic E-state index is 12.6. The second-order valence-electron chi connectivity index (χ2n) is 10.5. The minimum atomic E-state index is -5.55. The third-order valence-electron chi connectivity index (χ3n) is 7.15. The summed E-state index contributed by atoms with van der Waals surface area (Å²) in [6.07, 6.45) is -10.2. The molecule has 3 aromatic rings. The van der Waals surface area contributed by atoms with E-state index in [0.29, 0.717) is 0 Å². The molecule has 1 amide bonds. The number of phosphoric acid groups is 3. The van der Waals surface area contributed by atoms with Gasteiger partial charge in [-0.3, -0.25) is 28.7 Å². The van der Waals surface area contributed by atoms with E-state index >= 15 is 0 Å². The van der Waals surface area contributed by atoms with E-state index in [4.69, 9.17) is 35.7 Å². The summed E-state index contributed by atoms with van der Waals surface area (Å²) in [7, 11) is -16.3. The molecule has 270 valence electrons. The van der Waals surface area contributed by atoms with Crippen LogP contribution in [0.4, 0.5) is 11.6 Å². The highest BCUT2D eigenvalue weighted by molar-refractivity contribution is 7.61. The minimum Gasteiger partial charge on any atom is -0.387 e. The van der Waals surface area contributed by atoms with Crippen LogP contribution in [0.15, 0.2) is 31.0 Å². The molecular weight excluding hydrogens is 729 g/mol. The minimum absolute atomic E-state index is 0.00319. The summed E-state index contributed by atoms with van der Waals surface area (Å²) >= 11 is 0. The van der Waals surface area contributed by atoms with Crippen molar-refractivity contribution in [2.24, 2.45) is 5.73 Å². The van der Waals surface area contributed by atoms with Gasteiger partial charge in [0.1, 0.15) is 54.7 Å². The first-order valence-electron chi connectivity index (χ1n) is 13.6. The van der Waals surface area contributed by atoms with E-state index in [0.717, 1.165) is 28.0 Å². The van der Waals surface area contributed by atoms with Crippen LogP contribution >= 0.6 is 23.5 Å². The highest BCUT2D eigenvalue weighted by atomic mass is 31.3. The molecule has 25 nitrogen and oxygen atoms in total. The predicted octanol–water partition coefficient (Wildman–Crippen LogP) is -3.32. The number of nitrogens with two attached hydrogens (primary N) is 3. The third-order valence-corrected chi connectivity index (χ3v) is 10.3. The van der Waals surface area contributed by atoms with Crippen molar-refractivity contribution < 1.29 is 85.3 Å². The molecule has 13 N–H and O–H groups in total. The largest absolute Gasteiger partial charge is 0.481 e. The number of pyridine rings is 1. The number of hydrogen-bond donors (Lipinski definition) is 10. The number of amides is 1. The fourth-order valence-electron chi connectivity index (χ4n) is 4.91. The van der Waals surface area contributed by atoms with E-state index in [-0.39, 0.29) is 28.4 Å². The highest BCUT2D eigenvalue weighted by Gasteiger charge is 2.51. The van der Waals surface area contributed by atoms with Crippen LogP contribution in [0.2, 0.25) is 0 Å². The number of imidazole rings is 1. The summed E-state index contributed by atoms with van der Waals surface area (Å²) in [5.74, 6) is -0.935. The number of rotatable bonds is 13. The average Bonchev–Trinajstić information content (AvgIpc) is 3.64. The number of anilines is 2. The van der Waals surface area contributed by atoms with Gasteiger partial charge >= 0.3 is 23.5 Å². The normalized spacial score (nSPS) is 29.9. The van der Waals surface area contributed by atoms with E-state index < -0.39 is 91.7 Å². The SMILES string of the molecule is NC(=O)c1ccc(N)[n+]([C@@H]2O[C@H](COP(=O)(O)OP(=O)(O)OC[C@H]3O[C@@H](n4cnc5c(N)ncnc54)[C@H](OP(=O)(O)O)[C@@H]3O)[C@@H](O)[C@H]2O)c1. The Morgan fingerprint density at radius 1 is 0.918 bits per heavy atom. The molecule has 0 aliphatic carbocycles. The van der Waals surface area contributed by atoms with Crippen molar-refractivity contribution in [3.63, 3.8) is 0 Å². The fourth-order valence-corrected chi connectivity index (χ4v) is 7.55. The Labute approximate surface area is 273 Å². The number of ether oxygens (including phenoxy) is 2. The number of carbonyl (C=O) groups is 1. The number of primary amides is 1. The monoisotopic (exact) mass is 759 g/mol. The maximum Gasteiger partial charge on any atom is 0.481 e. The lowest BCUT2D eigenvalue weighted by Gasteiger charge is -2.22. The quantitative estimate of drug-likeness (QED) is 0.0602. The number of phosphoric ester groups is 3. The zero-order valence-corrected chi connectivity index (χ0v) is 27.1. The van der Waals surface area contributed by atoms with Crippen LogP contribution in [0.25, 0.3) is 11.2 Å². The van der Waals surface area contributed by atoms with Crippen molar-refractivity contribution in [2.45, 2.75) is 49.1 Å². The summed E-state index contributed by atoms with van der Waals surface area (Å²) in [5.41, 5.74) is 16.9. The van der Waals surface area contributed by atoms with Gasteiger partial charge in [-0.05, 0) is 6.07 Å². The Morgan fingerprint density at radius 3 is 2.16 bits per heavy atom. The first-order chi connectivity index (χ1) is 22.8. The Bertz CT molecular complexity index is 1860. The highest BCUT2D eigenvalue weighted by Crippen LogP contribution is 2.61. The maximum absolute atomic E-state index is 12.6. The summed E-state index contributed by atoms with van der Waals surface area (Å²) < 4.78 is 68.3. The molecule has 0 bridgehead atoms.